The molecule has 3 N–H and O–H groups in total. The quantitative estimate of drug-likeness (QED) is 0.822. The molecule has 8 heteroatoms. The summed E-state index contributed by atoms with van der Waals surface area (Å²) >= 11 is 0. The Morgan fingerprint density at radius 1 is 1.47 bits per heavy atom. The van der Waals surface area contributed by atoms with Crippen LogP contribution in [0.4, 0.5) is 10.1 Å². The average molecular weight is 285 g/mol. The van der Waals surface area contributed by atoms with Crippen LogP contribution in [0.1, 0.15) is 11.3 Å². The summed E-state index contributed by atoms with van der Waals surface area (Å²) in [6, 6.07) is 3.71. The number of aromatic nitrogens is 1. The van der Waals surface area contributed by atoms with Gasteiger partial charge in [-0.05, 0) is 24.6 Å². The van der Waals surface area contributed by atoms with Gasteiger partial charge in [-0.15, -0.1) is 0 Å². The molecule has 0 aliphatic heterocycles. The van der Waals surface area contributed by atoms with Crippen LogP contribution in [-0.4, -0.2) is 13.6 Å². The summed E-state index contributed by atoms with van der Waals surface area (Å²) in [7, 11) is -3.79. The Morgan fingerprint density at radius 2 is 2.21 bits per heavy atom. The number of sulfonamides is 1. The molecule has 19 heavy (non-hydrogen) atoms. The molecule has 0 atom stereocenters. The van der Waals surface area contributed by atoms with Crippen LogP contribution in [0, 0.1) is 12.7 Å². The number of hydrogen-bond acceptors (Lipinski definition) is 5. The van der Waals surface area contributed by atoms with Crippen LogP contribution >= 0.6 is 0 Å². The van der Waals surface area contributed by atoms with Gasteiger partial charge in [-0.25, -0.2) is 17.5 Å². The average Bonchev–Trinajstić information content (AvgIpc) is 2.84. The van der Waals surface area contributed by atoms with E-state index in [4.69, 9.17) is 10.3 Å². The molecule has 0 aliphatic rings. The molecule has 0 fully saturated rings. The molecule has 0 radical (unpaired) electrons. The SMILES string of the molecule is Cc1cc(F)c(N)cc1S(=O)(=O)NCc1ccno1. The fourth-order valence-electron chi connectivity index (χ4n) is 1.54. The smallest absolute Gasteiger partial charge is 0.241 e. The van der Waals surface area contributed by atoms with Crippen molar-refractivity contribution in [3.05, 3.63) is 41.5 Å². The second-order valence-corrected chi connectivity index (χ2v) is 5.68. The van der Waals surface area contributed by atoms with Crippen molar-refractivity contribution in [1.82, 2.24) is 9.88 Å². The van der Waals surface area contributed by atoms with E-state index >= 15 is 0 Å². The number of rotatable bonds is 4. The van der Waals surface area contributed by atoms with Gasteiger partial charge in [-0.3, -0.25) is 0 Å². The Hall–Kier alpha value is -1.93. The number of aryl methyl sites for hydroxylation is 1. The minimum Gasteiger partial charge on any atom is -0.396 e. The van der Waals surface area contributed by atoms with Crippen molar-refractivity contribution in [3.63, 3.8) is 0 Å². The Kier molecular flexibility index (Phi) is 3.54. The normalized spacial score (nSPS) is 11.7. The highest BCUT2D eigenvalue weighted by molar-refractivity contribution is 7.89. The van der Waals surface area contributed by atoms with Gasteiger partial charge in [0.1, 0.15) is 5.82 Å². The van der Waals surface area contributed by atoms with Gasteiger partial charge < -0.3 is 10.3 Å². The third kappa shape index (κ3) is 2.91. The van der Waals surface area contributed by atoms with Crippen molar-refractivity contribution in [1.29, 1.82) is 0 Å². The van der Waals surface area contributed by atoms with Crippen molar-refractivity contribution in [2.75, 3.05) is 5.73 Å². The van der Waals surface area contributed by atoms with Crippen molar-refractivity contribution >= 4 is 15.7 Å². The molecule has 0 aliphatic carbocycles. The first-order chi connectivity index (χ1) is 8.90. The zero-order valence-electron chi connectivity index (χ0n) is 10.1. The molecule has 0 saturated heterocycles. The van der Waals surface area contributed by atoms with Crippen LogP contribution in [0.25, 0.3) is 0 Å². The van der Waals surface area contributed by atoms with Gasteiger partial charge in [0.15, 0.2) is 5.76 Å². The molecule has 1 heterocycles. The van der Waals surface area contributed by atoms with E-state index in [0.29, 0.717) is 5.76 Å². The molecule has 0 amide bonds. The molecule has 0 bridgehead atoms. The number of anilines is 1. The third-order valence-electron chi connectivity index (χ3n) is 2.51. The molecule has 102 valence electrons. The molecule has 2 rings (SSSR count). The van der Waals surface area contributed by atoms with E-state index < -0.39 is 15.8 Å². The summed E-state index contributed by atoms with van der Waals surface area (Å²) in [5.74, 6) is -0.275. The van der Waals surface area contributed by atoms with E-state index in [-0.39, 0.29) is 22.7 Å². The lowest BCUT2D eigenvalue weighted by Crippen LogP contribution is -2.24. The molecule has 0 unspecified atom stereocenters. The highest BCUT2D eigenvalue weighted by atomic mass is 32.2. The van der Waals surface area contributed by atoms with Crippen LogP contribution in [0.3, 0.4) is 0 Å². The molecule has 0 spiro atoms. The van der Waals surface area contributed by atoms with E-state index in [1.807, 2.05) is 0 Å². The van der Waals surface area contributed by atoms with E-state index in [1.165, 1.54) is 19.2 Å². The number of halogens is 1. The van der Waals surface area contributed by atoms with Crippen molar-refractivity contribution in [2.45, 2.75) is 18.4 Å². The predicted octanol–water partition coefficient (Wildman–Crippen LogP) is 1.18. The van der Waals surface area contributed by atoms with Crippen LogP contribution in [0.2, 0.25) is 0 Å². The van der Waals surface area contributed by atoms with Gasteiger partial charge in [0.2, 0.25) is 10.0 Å². The second kappa shape index (κ2) is 4.98. The Bertz CT molecular complexity index is 683. The predicted molar refractivity (Wildman–Crippen MR) is 66.1 cm³/mol. The highest BCUT2D eigenvalue weighted by Gasteiger charge is 2.19. The fraction of sp³-hybridized carbons (Fsp3) is 0.182. The first-order valence-electron chi connectivity index (χ1n) is 5.35. The summed E-state index contributed by atoms with van der Waals surface area (Å²) in [5, 5.41) is 3.46. The van der Waals surface area contributed by atoms with Gasteiger partial charge in [0.25, 0.3) is 0 Å². The molecular weight excluding hydrogens is 273 g/mol. The molecular formula is C11H12FN3O3S. The van der Waals surface area contributed by atoms with Crippen molar-refractivity contribution < 1.29 is 17.3 Å². The molecule has 1 aromatic heterocycles. The van der Waals surface area contributed by atoms with Gasteiger partial charge in [-0.2, -0.15) is 0 Å². The maximum atomic E-state index is 13.2. The van der Waals surface area contributed by atoms with Crippen molar-refractivity contribution in [2.24, 2.45) is 0 Å². The van der Waals surface area contributed by atoms with Gasteiger partial charge in [0, 0.05) is 6.07 Å². The maximum Gasteiger partial charge on any atom is 0.241 e. The minimum atomic E-state index is -3.79. The number of nitrogens with one attached hydrogen (secondary N) is 1. The highest BCUT2D eigenvalue weighted by Crippen LogP contribution is 2.21. The zero-order chi connectivity index (χ0) is 14.0. The van der Waals surface area contributed by atoms with Crippen molar-refractivity contribution in [3.8, 4) is 0 Å². The lowest BCUT2D eigenvalue weighted by Gasteiger charge is -2.09. The Labute approximate surface area is 109 Å². The summed E-state index contributed by atoms with van der Waals surface area (Å²) in [5.41, 5.74) is 5.44. The first kappa shape index (κ1) is 13.5. The minimum absolute atomic E-state index is 0.0426. The van der Waals surface area contributed by atoms with Crippen LogP contribution < -0.4 is 10.5 Å². The summed E-state index contributed by atoms with van der Waals surface area (Å²) < 4.78 is 44.4. The topological polar surface area (TPSA) is 98.2 Å². The number of nitrogen functional groups attached to an aromatic ring is 1. The number of hydrogen-bond donors (Lipinski definition) is 2. The Balaban J connectivity index is 2.27. The van der Waals surface area contributed by atoms with E-state index in [1.54, 1.807) is 0 Å². The molecule has 6 nitrogen and oxygen atoms in total. The summed E-state index contributed by atoms with van der Waals surface area (Å²) in [4.78, 5) is -0.0640. The van der Waals surface area contributed by atoms with Gasteiger partial charge in [0.05, 0.1) is 23.3 Å². The lowest BCUT2D eigenvalue weighted by molar-refractivity contribution is 0.380. The third-order valence-corrected chi connectivity index (χ3v) is 4.05. The van der Waals surface area contributed by atoms with E-state index in [0.717, 1.165) is 12.1 Å². The van der Waals surface area contributed by atoms with Crippen LogP contribution in [0.15, 0.2) is 33.8 Å². The standard InChI is InChI=1S/C11H12FN3O3S/c1-7-4-9(12)10(13)5-11(7)19(16,17)15-6-8-2-3-14-18-8/h2-5,15H,6,13H2,1H3. The molecule has 2 aromatic rings. The van der Waals surface area contributed by atoms with E-state index in [9.17, 15) is 12.8 Å². The Morgan fingerprint density at radius 3 is 2.84 bits per heavy atom. The zero-order valence-corrected chi connectivity index (χ0v) is 10.9. The molecule has 1 aromatic carbocycles. The number of nitrogens with two attached hydrogens (primary N) is 1. The summed E-state index contributed by atoms with van der Waals surface area (Å²) in [6.45, 7) is 1.45. The number of benzene rings is 1. The lowest BCUT2D eigenvalue weighted by atomic mass is 10.2. The van der Waals surface area contributed by atoms with E-state index in [2.05, 4.69) is 9.88 Å². The first-order valence-corrected chi connectivity index (χ1v) is 6.83. The van der Waals surface area contributed by atoms with Gasteiger partial charge in [-0.1, -0.05) is 5.16 Å². The second-order valence-electron chi connectivity index (χ2n) is 3.94. The van der Waals surface area contributed by atoms with Crippen LogP contribution in [-0.2, 0) is 16.6 Å². The maximum absolute atomic E-state index is 13.2. The molecule has 0 saturated carbocycles. The monoisotopic (exact) mass is 285 g/mol. The fourth-order valence-corrected chi connectivity index (χ4v) is 2.79. The van der Waals surface area contributed by atoms with Crippen LogP contribution in [0.5, 0.6) is 0 Å². The van der Waals surface area contributed by atoms with Gasteiger partial charge >= 0.3 is 0 Å². The largest absolute Gasteiger partial charge is 0.396 e. The number of nitrogens with zero attached hydrogens (tertiary/aromatic N) is 1. The summed E-state index contributed by atoms with van der Waals surface area (Å²) in [6.07, 6.45) is 1.41.